The molecule has 7 heteroatoms. The Morgan fingerprint density at radius 2 is 1.74 bits per heavy atom. The Hall–Kier alpha value is -3.42. The number of Topliss-reactive ketones (excluding diaryl/α,β-unsaturated/α-hetero) is 1. The highest BCUT2D eigenvalue weighted by Gasteiger charge is 2.18. The molecule has 0 spiro atoms. The van der Waals surface area contributed by atoms with Crippen LogP contribution in [0.4, 0.5) is 0 Å². The first-order valence-corrected chi connectivity index (χ1v) is 11.5. The van der Waals surface area contributed by atoms with Crippen molar-refractivity contribution in [3.05, 3.63) is 101 Å². The smallest absolute Gasteiger partial charge is 0.267 e. The van der Waals surface area contributed by atoms with Gasteiger partial charge in [0.1, 0.15) is 4.83 Å². The third-order valence-electron chi connectivity index (χ3n) is 4.84. The maximum atomic E-state index is 13.5. The van der Waals surface area contributed by atoms with Gasteiger partial charge in [0.15, 0.2) is 10.9 Å². The van der Waals surface area contributed by atoms with Gasteiger partial charge >= 0.3 is 0 Å². The molecule has 5 rings (SSSR count). The number of thiophene rings is 1. The minimum atomic E-state index is -0.135. The first-order chi connectivity index (χ1) is 15.2. The van der Waals surface area contributed by atoms with Crippen molar-refractivity contribution in [3.63, 3.8) is 0 Å². The van der Waals surface area contributed by atoms with E-state index in [0.717, 1.165) is 16.1 Å². The van der Waals surface area contributed by atoms with E-state index in [1.165, 1.54) is 23.1 Å². The van der Waals surface area contributed by atoms with E-state index < -0.39 is 0 Å². The van der Waals surface area contributed by atoms with Crippen LogP contribution in [0.5, 0.6) is 0 Å². The van der Waals surface area contributed by atoms with E-state index in [1.807, 2.05) is 66.7 Å². The zero-order valence-electron chi connectivity index (χ0n) is 16.3. The summed E-state index contributed by atoms with van der Waals surface area (Å²) in [6.07, 6.45) is 1.72. The maximum absolute atomic E-state index is 13.5. The molecule has 1 N–H and O–H groups in total. The van der Waals surface area contributed by atoms with Gasteiger partial charge < -0.3 is 4.98 Å². The lowest BCUT2D eigenvalue weighted by Crippen LogP contribution is -2.21. The zero-order chi connectivity index (χ0) is 21.2. The molecule has 0 unspecified atom stereocenters. The summed E-state index contributed by atoms with van der Waals surface area (Å²) in [7, 11) is 0. The van der Waals surface area contributed by atoms with Crippen molar-refractivity contribution in [3.8, 4) is 16.1 Å². The molecular formula is C24H17N3O2S2. The molecule has 5 aromatic rings. The number of aromatic amines is 1. The van der Waals surface area contributed by atoms with E-state index in [-0.39, 0.29) is 17.1 Å². The molecule has 0 aliphatic carbocycles. The molecule has 31 heavy (non-hydrogen) atoms. The number of H-pyrrole nitrogens is 1. The molecule has 3 heterocycles. The van der Waals surface area contributed by atoms with Crippen molar-refractivity contribution in [1.82, 2.24) is 14.5 Å². The molecule has 0 saturated carbocycles. The van der Waals surface area contributed by atoms with Crippen LogP contribution in [0, 0.1) is 0 Å². The van der Waals surface area contributed by atoms with E-state index in [0.29, 0.717) is 21.1 Å². The largest absolute Gasteiger partial charge is 0.359 e. The van der Waals surface area contributed by atoms with Crippen molar-refractivity contribution in [2.24, 2.45) is 0 Å². The van der Waals surface area contributed by atoms with E-state index in [1.54, 1.807) is 22.9 Å². The van der Waals surface area contributed by atoms with Crippen LogP contribution in [0.3, 0.4) is 0 Å². The lowest BCUT2D eigenvalue weighted by atomic mass is 10.2. The van der Waals surface area contributed by atoms with Crippen molar-refractivity contribution < 1.29 is 4.79 Å². The number of nitrogens with zero attached hydrogens (tertiary/aromatic N) is 2. The van der Waals surface area contributed by atoms with Crippen LogP contribution in [0.2, 0.25) is 0 Å². The average Bonchev–Trinajstić information content (AvgIpc) is 3.49. The molecule has 0 amide bonds. The third kappa shape index (κ3) is 3.85. The number of hydrogen-bond donors (Lipinski definition) is 1. The quantitative estimate of drug-likeness (QED) is 0.216. The number of carbonyl (C=O) groups is 1. The summed E-state index contributed by atoms with van der Waals surface area (Å²) in [4.78, 5) is 35.4. The molecule has 2 aromatic carbocycles. The van der Waals surface area contributed by atoms with Crippen LogP contribution in [0.1, 0.15) is 10.5 Å². The van der Waals surface area contributed by atoms with Crippen molar-refractivity contribution >= 4 is 39.1 Å². The Kier molecular flexibility index (Phi) is 5.28. The van der Waals surface area contributed by atoms with Crippen LogP contribution >= 0.6 is 23.1 Å². The van der Waals surface area contributed by atoms with E-state index >= 15 is 0 Å². The Balaban J connectivity index is 1.61. The van der Waals surface area contributed by atoms with Gasteiger partial charge in [-0.1, -0.05) is 60.3 Å². The second-order valence-electron chi connectivity index (χ2n) is 6.86. The number of para-hydroxylation sites is 1. The van der Waals surface area contributed by atoms with Gasteiger partial charge in [0.2, 0.25) is 0 Å². The summed E-state index contributed by atoms with van der Waals surface area (Å²) in [6, 6.07) is 24.8. The molecule has 0 fully saturated rings. The summed E-state index contributed by atoms with van der Waals surface area (Å²) >= 11 is 2.76. The van der Waals surface area contributed by atoms with Gasteiger partial charge in [-0.3, -0.25) is 14.2 Å². The second-order valence-corrected chi connectivity index (χ2v) is 8.83. The number of thioether (sulfide) groups is 1. The van der Waals surface area contributed by atoms with Crippen molar-refractivity contribution in [2.75, 3.05) is 5.75 Å². The highest BCUT2D eigenvalue weighted by molar-refractivity contribution is 7.99. The summed E-state index contributed by atoms with van der Waals surface area (Å²) in [6.45, 7) is 0. The minimum Gasteiger partial charge on any atom is -0.359 e. The number of nitrogens with one attached hydrogen (secondary N) is 1. The van der Waals surface area contributed by atoms with Crippen LogP contribution in [-0.2, 0) is 0 Å². The fourth-order valence-electron chi connectivity index (χ4n) is 3.32. The highest BCUT2D eigenvalue weighted by Crippen LogP contribution is 2.32. The third-order valence-corrected chi connectivity index (χ3v) is 6.85. The van der Waals surface area contributed by atoms with Gasteiger partial charge in [0.25, 0.3) is 5.56 Å². The van der Waals surface area contributed by atoms with Crippen molar-refractivity contribution in [2.45, 2.75) is 5.16 Å². The van der Waals surface area contributed by atoms with Gasteiger partial charge in [-0.25, -0.2) is 4.98 Å². The normalized spacial score (nSPS) is 11.1. The zero-order valence-corrected chi connectivity index (χ0v) is 18.0. The average molecular weight is 444 g/mol. The monoisotopic (exact) mass is 443 g/mol. The molecular weight excluding hydrogens is 426 g/mol. The fraction of sp³-hybridized carbons (Fsp3) is 0.0417. The Bertz CT molecular complexity index is 1410. The predicted molar refractivity (Wildman–Crippen MR) is 127 cm³/mol. The van der Waals surface area contributed by atoms with Crippen LogP contribution in [0.15, 0.2) is 95.0 Å². The number of ketones is 1. The minimum absolute atomic E-state index is 0.0416. The number of carbonyl (C=O) groups excluding carboxylic acids is 1. The van der Waals surface area contributed by atoms with E-state index in [4.69, 9.17) is 4.98 Å². The van der Waals surface area contributed by atoms with Crippen LogP contribution in [0.25, 0.3) is 26.3 Å². The molecule has 5 nitrogen and oxygen atoms in total. The Morgan fingerprint density at radius 1 is 1.00 bits per heavy atom. The van der Waals surface area contributed by atoms with Crippen LogP contribution in [-0.4, -0.2) is 26.1 Å². The first-order valence-electron chi connectivity index (χ1n) is 9.67. The van der Waals surface area contributed by atoms with Gasteiger partial charge in [-0.05, 0) is 35.9 Å². The fourth-order valence-corrected chi connectivity index (χ4v) is 5.29. The van der Waals surface area contributed by atoms with E-state index in [9.17, 15) is 9.59 Å². The van der Waals surface area contributed by atoms with E-state index in [2.05, 4.69) is 4.98 Å². The van der Waals surface area contributed by atoms with Gasteiger partial charge in [-0.2, -0.15) is 0 Å². The lowest BCUT2D eigenvalue weighted by molar-refractivity contribution is 0.101. The Morgan fingerprint density at radius 3 is 2.45 bits per heavy atom. The highest BCUT2D eigenvalue weighted by atomic mass is 32.2. The molecule has 0 saturated heterocycles. The topological polar surface area (TPSA) is 67.8 Å². The number of rotatable bonds is 6. The SMILES string of the molecule is O=C(CSc1nc2sc(-c3ccccc3)cc2c(=O)n1-c1ccccc1)c1ccc[nH]1. The van der Waals surface area contributed by atoms with Gasteiger partial charge in [0.05, 0.1) is 22.5 Å². The molecule has 0 radical (unpaired) electrons. The summed E-state index contributed by atoms with van der Waals surface area (Å²) < 4.78 is 1.59. The number of hydrogen-bond acceptors (Lipinski definition) is 5. The Labute approximate surface area is 186 Å². The molecule has 0 aliphatic rings. The molecule has 0 bridgehead atoms. The molecule has 152 valence electrons. The molecule has 0 atom stereocenters. The van der Waals surface area contributed by atoms with Gasteiger partial charge in [-0.15, -0.1) is 11.3 Å². The maximum Gasteiger partial charge on any atom is 0.267 e. The number of fused-ring (bicyclic) bond motifs is 1. The van der Waals surface area contributed by atoms with Crippen LogP contribution < -0.4 is 5.56 Å². The van der Waals surface area contributed by atoms with Gasteiger partial charge in [0, 0.05) is 11.1 Å². The summed E-state index contributed by atoms with van der Waals surface area (Å²) in [5, 5.41) is 1.08. The number of aromatic nitrogens is 3. The van der Waals surface area contributed by atoms with Crippen molar-refractivity contribution in [1.29, 1.82) is 0 Å². The number of benzene rings is 2. The summed E-state index contributed by atoms with van der Waals surface area (Å²) in [5.41, 5.74) is 2.19. The summed E-state index contributed by atoms with van der Waals surface area (Å²) in [5.74, 6) is 0.141. The predicted octanol–water partition coefficient (Wildman–Crippen LogP) is 5.42. The second kappa shape index (κ2) is 8.37. The first kappa shape index (κ1) is 19.5. The molecule has 0 aliphatic heterocycles. The standard InChI is InChI=1S/C24H17N3O2S2/c28-20(19-12-7-13-25-19)15-30-24-26-22-18(14-21(31-22)16-8-3-1-4-9-16)23(29)27(24)17-10-5-2-6-11-17/h1-14,25H,15H2. The molecule has 3 aromatic heterocycles. The lowest BCUT2D eigenvalue weighted by Gasteiger charge is -2.11.